The summed E-state index contributed by atoms with van der Waals surface area (Å²) in [6.07, 6.45) is 1.86. The SMILES string of the molecule is CN=C(NCc1ccc(S(=O)(=O)N2CCCC2)cc1)NCc1cc(C(C)C)no1.I. The number of hydrogen-bond acceptors (Lipinski definition) is 5. The lowest BCUT2D eigenvalue weighted by molar-refractivity contribution is 0.372. The van der Waals surface area contributed by atoms with Gasteiger partial charge in [0.05, 0.1) is 17.1 Å². The molecule has 0 aliphatic carbocycles. The monoisotopic (exact) mass is 547 g/mol. The van der Waals surface area contributed by atoms with Gasteiger partial charge in [0, 0.05) is 32.7 Å². The van der Waals surface area contributed by atoms with Gasteiger partial charge >= 0.3 is 0 Å². The van der Waals surface area contributed by atoms with Crippen LogP contribution in [0.1, 0.15) is 49.6 Å². The summed E-state index contributed by atoms with van der Waals surface area (Å²) in [5, 5.41) is 10.4. The molecule has 0 unspecified atom stereocenters. The maximum Gasteiger partial charge on any atom is 0.243 e. The van der Waals surface area contributed by atoms with Crippen molar-refractivity contribution in [1.82, 2.24) is 20.1 Å². The Labute approximate surface area is 195 Å². The molecule has 0 spiro atoms. The molecule has 1 aliphatic heterocycles. The average molecular weight is 547 g/mol. The lowest BCUT2D eigenvalue weighted by Crippen LogP contribution is -2.36. The van der Waals surface area contributed by atoms with Crippen LogP contribution in [-0.4, -0.2) is 44.0 Å². The fourth-order valence-electron chi connectivity index (χ4n) is 3.12. The number of halogens is 1. The molecule has 2 N–H and O–H groups in total. The summed E-state index contributed by atoms with van der Waals surface area (Å²) in [7, 11) is -1.68. The lowest BCUT2D eigenvalue weighted by Gasteiger charge is -2.16. The predicted octanol–water partition coefficient (Wildman–Crippen LogP) is 3.07. The van der Waals surface area contributed by atoms with Crippen LogP contribution in [0.3, 0.4) is 0 Å². The molecule has 3 rings (SSSR count). The number of benzene rings is 1. The van der Waals surface area contributed by atoms with E-state index in [2.05, 4.69) is 34.6 Å². The van der Waals surface area contributed by atoms with Crippen LogP contribution >= 0.6 is 24.0 Å². The molecule has 0 bridgehead atoms. The molecule has 1 aromatic carbocycles. The topological polar surface area (TPSA) is 99.8 Å². The van der Waals surface area contributed by atoms with Crippen LogP contribution in [0.25, 0.3) is 0 Å². The zero-order valence-corrected chi connectivity index (χ0v) is 20.7. The molecule has 10 heteroatoms. The zero-order valence-electron chi connectivity index (χ0n) is 17.6. The Kier molecular flexibility index (Phi) is 9.10. The third-order valence-corrected chi connectivity index (χ3v) is 6.82. The molecule has 1 saturated heterocycles. The number of rotatable bonds is 7. The Bertz CT molecular complexity index is 936. The van der Waals surface area contributed by atoms with Crippen LogP contribution < -0.4 is 10.6 Å². The van der Waals surface area contributed by atoms with E-state index in [1.54, 1.807) is 23.5 Å². The van der Waals surface area contributed by atoms with E-state index in [4.69, 9.17) is 4.52 Å². The molecular weight excluding hydrogens is 517 g/mol. The molecule has 0 saturated carbocycles. The lowest BCUT2D eigenvalue weighted by atomic mass is 10.1. The van der Waals surface area contributed by atoms with E-state index in [0.29, 0.717) is 43.0 Å². The number of aliphatic imine (C=N–C) groups is 1. The first-order chi connectivity index (χ1) is 13.9. The summed E-state index contributed by atoms with van der Waals surface area (Å²) in [6.45, 7) is 6.35. The van der Waals surface area contributed by atoms with Crippen molar-refractivity contribution < 1.29 is 12.9 Å². The van der Waals surface area contributed by atoms with Crippen LogP contribution in [0.5, 0.6) is 0 Å². The highest BCUT2D eigenvalue weighted by Crippen LogP contribution is 2.21. The first-order valence-electron chi connectivity index (χ1n) is 9.89. The summed E-state index contributed by atoms with van der Waals surface area (Å²) in [4.78, 5) is 4.54. The van der Waals surface area contributed by atoms with Gasteiger partial charge in [-0.2, -0.15) is 4.31 Å². The van der Waals surface area contributed by atoms with Crippen molar-refractivity contribution in [3.8, 4) is 0 Å². The van der Waals surface area contributed by atoms with Gasteiger partial charge in [0.1, 0.15) is 0 Å². The second-order valence-corrected chi connectivity index (χ2v) is 9.35. The smallest absolute Gasteiger partial charge is 0.243 e. The Hall–Kier alpha value is -1.66. The van der Waals surface area contributed by atoms with Crippen molar-refractivity contribution in [2.75, 3.05) is 20.1 Å². The van der Waals surface area contributed by atoms with Gasteiger partial charge in [-0.1, -0.05) is 31.1 Å². The van der Waals surface area contributed by atoms with E-state index in [0.717, 1.165) is 29.9 Å². The normalized spacial score (nSPS) is 15.3. The van der Waals surface area contributed by atoms with E-state index in [-0.39, 0.29) is 24.0 Å². The summed E-state index contributed by atoms with van der Waals surface area (Å²) in [5.74, 6) is 1.69. The highest BCUT2D eigenvalue weighted by molar-refractivity contribution is 14.0. The van der Waals surface area contributed by atoms with Crippen molar-refractivity contribution in [2.24, 2.45) is 4.99 Å². The molecule has 8 nitrogen and oxygen atoms in total. The molecule has 0 radical (unpaired) electrons. The number of hydrogen-bond donors (Lipinski definition) is 2. The summed E-state index contributed by atoms with van der Waals surface area (Å²) in [6, 6.07) is 8.93. The van der Waals surface area contributed by atoms with Crippen molar-refractivity contribution >= 4 is 40.0 Å². The minimum atomic E-state index is -3.37. The van der Waals surface area contributed by atoms with Gasteiger partial charge in [-0.3, -0.25) is 4.99 Å². The van der Waals surface area contributed by atoms with Crippen LogP contribution in [0.2, 0.25) is 0 Å². The van der Waals surface area contributed by atoms with Crippen molar-refractivity contribution in [1.29, 1.82) is 0 Å². The van der Waals surface area contributed by atoms with Crippen molar-refractivity contribution in [3.63, 3.8) is 0 Å². The van der Waals surface area contributed by atoms with Crippen LogP contribution in [0.4, 0.5) is 0 Å². The van der Waals surface area contributed by atoms with E-state index >= 15 is 0 Å². The third kappa shape index (κ3) is 6.17. The molecule has 0 atom stereocenters. The molecule has 2 aromatic rings. The maximum absolute atomic E-state index is 12.6. The van der Waals surface area contributed by atoms with E-state index in [1.165, 1.54) is 0 Å². The number of aromatic nitrogens is 1. The molecule has 30 heavy (non-hydrogen) atoms. The second-order valence-electron chi connectivity index (χ2n) is 7.41. The largest absolute Gasteiger partial charge is 0.359 e. The van der Waals surface area contributed by atoms with Crippen molar-refractivity contribution in [2.45, 2.75) is 50.6 Å². The van der Waals surface area contributed by atoms with E-state index in [9.17, 15) is 8.42 Å². The summed E-state index contributed by atoms with van der Waals surface area (Å²) < 4.78 is 32.0. The molecule has 1 aromatic heterocycles. The Morgan fingerprint density at radius 1 is 1.17 bits per heavy atom. The highest BCUT2D eigenvalue weighted by Gasteiger charge is 2.26. The molecule has 2 heterocycles. The molecule has 0 amide bonds. The Morgan fingerprint density at radius 2 is 1.80 bits per heavy atom. The number of nitrogens with zero attached hydrogens (tertiary/aromatic N) is 3. The molecule has 166 valence electrons. The number of nitrogens with one attached hydrogen (secondary N) is 2. The second kappa shape index (κ2) is 11.1. The van der Waals surface area contributed by atoms with Gasteiger partial charge in [-0.25, -0.2) is 8.42 Å². The quantitative estimate of drug-likeness (QED) is 0.314. The van der Waals surface area contributed by atoms with Gasteiger partial charge in [0.25, 0.3) is 0 Å². The van der Waals surface area contributed by atoms with Gasteiger partial charge in [0.2, 0.25) is 10.0 Å². The molecule has 1 aliphatic rings. The van der Waals surface area contributed by atoms with Gasteiger partial charge in [-0.15, -0.1) is 24.0 Å². The zero-order chi connectivity index (χ0) is 20.9. The van der Waals surface area contributed by atoms with E-state index in [1.807, 2.05) is 18.2 Å². The van der Waals surface area contributed by atoms with Gasteiger partial charge in [-0.05, 0) is 36.5 Å². The fraction of sp³-hybridized carbons (Fsp3) is 0.500. The average Bonchev–Trinajstić information content (AvgIpc) is 3.41. The predicted molar refractivity (Wildman–Crippen MR) is 127 cm³/mol. The number of guanidine groups is 1. The van der Waals surface area contributed by atoms with Gasteiger partial charge < -0.3 is 15.2 Å². The van der Waals surface area contributed by atoms with Crippen LogP contribution in [0.15, 0.2) is 44.7 Å². The van der Waals surface area contributed by atoms with E-state index < -0.39 is 10.0 Å². The van der Waals surface area contributed by atoms with Gasteiger partial charge in [0.15, 0.2) is 11.7 Å². The standard InChI is InChI=1S/C20H29N5O3S.HI/c1-15(2)19-12-17(28-24-19)14-23-20(21-3)22-13-16-6-8-18(9-7-16)29(26,27)25-10-4-5-11-25;/h6-9,12,15H,4-5,10-11,13-14H2,1-3H3,(H2,21,22,23);1H. The minimum Gasteiger partial charge on any atom is -0.359 e. The highest BCUT2D eigenvalue weighted by atomic mass is 127. The summed E-state index contributed by atoms with van der Waals surface area (Å²) >= 11 is 0. The third-order valence-electron chi connectivity index (χ3n) is 4.91. The van der Waals surface area contributed by atoms with Crippen LogP contribution in [0, 0.1) is 0 Å². The first kappa shape index (κ1) is 24.6. The van der Waals surface area contributed by atoms with Crippen molar-refractivity contribution in [3.05, 3.63) is 47.3 Å². The minimum absolute atomic E-state index is 0. The fourth-order valence-corrected chi connectivity index (χ4v) is 4.64. The maximum atomic E-state index is 12.6. The Balaban J connectivity index is 0.00000320. The summed E-state index contributed by atoms with van der Waals surface area (Å²) in [5.41, 5.74) is 1.89. The first-order valence-corrected chi connectivity index (χ1v) is 11.3. The molecule has 1 fully saturated rings. The number of sulfonamides is 1. The van der Waals surface area contributed by atoms with Crippen LogP contribution in [-0.2, 0) is 23.1 Å². The molecular formula is C20H30IN5O3S. The Morgan fingerprint density at radius 3 is 2.37 bits per heavy atom.